The second-order valence-corrected chi connectivity index (χ2v) is 4.22. The lowest BCUT2D eigenvalue weighted by Gasteiger charge is -2.16. The minimum atomic E-state index is -0.432. The molecule has 0 aliphatic carbocycles. The third kappa shape index (κ3) is 2.38. The lowest BCUT2D eigenvalue weighted by Crippen LogP contribution is -2.42. The van der Waals surface area contributed by atoms with Crippen LogP contribution < -0.4 is 10.6 Å². The number of carbonyl (C=O) groups excluding carboxylic acids is 3. The van der Waals surface area contributed by atoms with Crippen LogP contribution in [0.4, 0.5) is 4.79 Å². The largest absolute Gasteiger partial charge is 0.336 e. The number of urea groups is 1. The van der Waals surface area contributed by atoms with Crippen molar-refractivity contribution in [2.24, 2.45) is 0 Å². The van der Waals surface area contributed by atoms with E-state index in [-0.39, 0.29) is 24.3 Å². The fraction of sp³-hybridized carbons (Fsp3) is 0.700. The van der Waals surface area contributed by atoms with Crippen LogP contribution in [0.2, 0.25) is 0 Å². The quantitative estimate of drug-likeness (QED) is 0.577. The first-order valence-corrected chi connectivity index (χ1v) is 5.66. The van der Waals surface area contributed by atoms with Gasteiger partial charge in [0.15, 0.2) is 0 Å². The second-order valence-electron chi connectivity index (χ2n) is 4.22. The molecule has 2 rings (SSSR count). The third-order valence-corrected chi connectivity index (χ3v) is 3.10. The Labute approximate surface area is 99.1 Å². The molecule has 2 saturated heterocycles. The molecule has 0 aromatic heterocycles. The maximum atomic E-state index is 11.6. The summed E-state index contributed by atoms with van der Waals surface area (Å²) in [5, 5.41) is 5.71. The molecule has 0 spiro atoms. The number of amides is 4. The van der Waals surface area contributed by atoms with E-state index in [4.69, 9.17) is 0 Å². The zero-order valence-corrected chi connectivity index (χ0v) is 9.73. The van der Waals surface area contributed by atoms with E-state index in [0.717, 1.165) is 4.90 Å². The lowest BCUT2D eigenvalue weighted by atomic mass is 10.2. The summed E-state index contributed by atoms with van der Waals surface area (Å²) < 4.78 is 0. The van der Waals surface area contributed by atoms with E-state index in [1.165, 1.54) is 7.05 Å². The zero-order chi connectivity index (χ0) is 12.4. The molecule has 2 heterocycles. The smallest absolute Gasteiger partial charge is 0.317 e. The highest BCUT2D eigenvalue weighted by molar-refractivity contribution is 6.05. The van der Waals surface area contributed by atoms with E-state index in [9.17, 15) is 14.4 Å². The Morgan fingerprint density at radius 3 is 2.71 bits per heavy atom. The second kappa shape index (κ2) is 4.70. The molecule has 0 bridgehead atoms. The molecule has 0 saturated carbocycles. The molecule has 17 heavy (non-hydrogen) atoms. The van der Waals surface area contributed by atoms with Crippen LogP contribution in [-0.2, 0) is 9.59 Å². The highest BCUT2D eigenvalue weighted by Crippen LogP contribution is 2.10. The fourth-order valence-electron chi connectivity index (χ4n) is 2.01. The topological polar surface area (TPSA) is 81.8 Å². The van der Waals surface area contributed by atoms with Crippen molar-refractivity contribution in [1.29, 1.82) is 0 Å². The SMILES string of the molecule is CN1C(=O)CC(NCCN2CCNC2=O)C1=O. The van der Waals surface area contributed by atoms with Gasteiger partial charge in [0.1, 0.15) is 0 Å². The number of rotatable bonds is 4. The van der Waals surface area contributed by atoms with Crippen LogP contribution in [0, 0.1) is 0 Å². The van der Waals surface area contributed by atoms with Crippen molar-refractivity contribution in [3.8, 4) is 0 Å². The third-order valence-electron chi connectivity index (χ3n) is 3.10. The minimum Gasteiger partial charge on any atom is -0.336 e. The lowest BCUT2D eigenvalue weighted by molar-refractivity contribution is -0.137. The summed E-state index contributed by atoms with van der Waals surface area (Å²) in [4.78, 5) is 36.9. The number of likely N-dealkylation sites (tertiary alicyclic amines) is 1. The molecule has 0 aromatic rings. The molecule has 7 heteroatoms. The molecule has 94 valence electrons. The van der Waals surface area contributed by atoms with E-state index in [1.54, 1.807) is 4.90 Å². The predicted octanol–water partition coefficient (Wildman–Crippen LogP) is -1.64. The van der Waals surface area contributed by atoms with E-state index < -0.39 is 6.04 Å². The highest BCUT2D eigenvalue weighted by Gasteiger charge is 2.35. The minimum absolute atomic E-state index is 0.0715. The summed E-state index contributed by atoms with van der Waals surface area (Å²) in [6.45, 7) is 2.43. The average Bonchev–Trinajstić information content (AvgIpc) is 2.80. The van der Waals surface area contributed by atoms with Crippen molar-refractivity contribution in [2.45, 2.75) is 12.5 Å². The van der Waals surface area contributed by atoms with Gasteiger partial charge in [-0.3, -0.25) is 14.5 Å². The Hall–Kier alpha value is -1.63. The Balaban J connectivity index is 1.74. The van der Waals surface area contributed by atoms with E-state index in [2.05, 4.69) is 10.6 Å². The first-order valence-electron chi connectivity index (χ1n) is 5.66. The van der Waals surface area contributed by atoms with Gasteiger partial charge >= 0.3 is 6.03 Å². The Morgan fingerprint density at radius 2 is 2.18 bits per heavy atom. The van der Waals surface area contributed by atoms with Gasteiger partial charge in [0, 0.05) is 33.2 Å². The number of nitrogens with zero attached hydrogens (tertiary/aromatic N) is 2. The molecule has 2 aliphatic rings. The zero-order valence-electron chi connectivity index (χ0n) is 9.73. The molecular weight excluding hydrogens is 224 g/mol. The van der Waals surface area contributed by atoms with Crippen LogP contribution >= 0.6 is 0 Å². The molecule has 1 atom stereocenters. The maximum Gasteiger partial charge on any atom is 0.317 e. The van der Waals surface area contributed by atoms with E-state index >= 15 is 0 Å². The molecule has 2 aliphatic heterocycles. The van der Waals surface area contributed by atoms with Crippen molar-refractivity contribution in [1.82, 2.24) is 20.4 Å². The summed E-state index contributed by atoms with van der Waals surface area (Å²) >= 11 is 0. The van der Waals surface area contributed by atoms with Gasteiger partial charge in [-0.15, -0.1) is 0 Å². The number of imide groups is 1. The molecule has 0 aromatic carbocycles. The van der Waals surface area contributed by atoms with Crippen molar-refractivity contribution in [2.75, 3.05) is 33.2 Å². The van der Waals surface area contributed by atoms with Gasteiger partial charge in [0.2, 0.25) is 11.8 Å². The van der Waals surface area contributed by atoms with Crippen LogP contribution in [-0.4, -0.2) is 66.9 Å². The summed E-state index contributed by atoms with van der Waals surface area (Å²) in [5.41, 5.74) is 0. The van der Waals surface area contributed by atoms with E-state index in [1.807, 2.05) is 0 Å². The van der Waals surface area contributed by atoms with Gasteiger partial charge in [0.25, 0.3) is 0 Å². The van der Waals surface area contributed by atoms with Gasteiger partial charge in [-0.2, -0.15) is 0 Å². The first-order chi connectivity index (χ1) is 8.09. The number of hydrogen-bond acceptors (Lipinski definition) is 4. The number of carbonyl (C=O) groups is 3. The first kappa shape index (κ1) is 11.8. The van der Waals surface area contributed by atoms with Crippen molar-refractivity contribution in [3.63, 3.8) is 0 Å². The van der Waals surface area contributed by atoms with Gasteiger partial charge in [0.05, 0.1) is 12.5 Å². The van der Waals surface area contributed by atoms with E-state index in [0.29, 0.717) is 26.2 Å². The van der Waals surface area contributed by atoms with Gasteiger partial charge < -0.3 is 15.5 Å². The molecule has 4 amide bonds. The van der Waals surface area contributed by atoms with Crippen LogP contribution in [0.3, 0.4) is 0 Å². The summed E-state index contributed by atoms with van der Waals surface area (Å²) in [6.07, 6.45) is 0.210. The summed E-state index contributed by atoms with van der Waals surface area (Å²) in [5.74, 6) is -0.354. The van der Waals surface area contributed by atoms with Crippen LogP contribution in [0.15, 0.2) is 0 Å². The number of likely N-dealkylation sites (N-methyl/N-ethyl adjacent to an activating group) is 1. The highest BCUT2D eigenvalue weighted by atomic mass is 16.2. The fourth-order valence-corrected chi connectivity index (χ4v) is 2.01. The van der Waals surface area contributed by atoms with Crippen LogP contribution in [0.5, 0.6) is 0 Å². The number of hydrogen-bond donors (Lipinski definition) is 2. The van der Waals surface area contributed by atoms with Crippen molar-refractivity contribution < 1.29 is 14.4 Å². The Bertz CT molecular complexity index is 357. The number of nitrogens with one attached hydrogen (secondary N) is 2. The summed E-state index contributed by atoms with van der Waals surface area (Å²) in [7, 11) is 1.49. The van der Waals surface area contributed by atoms with Gasteiger partial charge in [-0.05, 0) is 0 Å². The average molecular weight is 240 g/mol. The standard InChI is InChI=1S/C10H16N4O3/c1-13-8(15)6-7(9(13)16)11-2-4-14-5-3-12-10(14)17/h7,11H,2-6H2,1H3,(H,12,17). The van der Waals surface area contributed by atoms with Crippen molar-refractivity contribution >= 4 is 17.8 Å². The summed E-state index contributed by atoms with van der Waals surface area (Å²) in [6, 6.07) is -0.504. The molecule has 7 nitrogen and oxygen atoms in total. The molecule has 2 fully saturated rings. The van der Waals surface area contributed by atoms with Gasteiger partial charge in [-0.25, -0.2) is 4.79 Å². The maximum absolute atomic E-state index is 11.6. The normalized spacial score (nSPS) is 24.8. The van der Waals surface area contributed by atoms with Crippen LogP contribution in [0.25, 0.3) is 0 Å². The molecular formula is C10H16N4O3. The van der Waals surface area contributed by atoms with Crippen molar-refractivity contribution in [3.05, 3.63) is 0 Å². The van der Waals surface area contributed by atoms with Gasteiger partial charge in [-0.1, -0.05) is 0 Å². The molecule has 0 radical (unpaired) electrons. The molecule has 1 unspecified atom stereocenters. The predicted molar refractivity (Wildman–Crippen MR) is 59.2 cm³/mol. The Kier molecular flexibility index (Phi) is 3.28. The Morgan fingerprint density at radius 1 is 1.41 bits per heavy atom. The monoisotopic (exact) mass is 240 g/mol. The van der Waals surface area contributed by atoms with Crippen LogP contribution in [0.1, 0.15) is 6.42 Å². The molecule has 2 N–H and O–H groups in total.